The van der Waals surface area contributed by atoms with Gasteiger partial charge in [0, 0.05) is 47.8 Å². The lowest BCUT2D eigenvalue weighted by atomic mass is 9.95. The summed E-state index contributed by atoms with van der Waals surface area (Å²) in [7, 11) is 1.64. The Bertz CT molecular complexity index is 1320. The molecule has 0 bridgehead atoms. The van der Waals surface area contributed by atoms with Crippen LogP contribution < -0.4 is 14.8 Å². The van der Waals surface area contributed by atoms with Crippen LogP contribution in [0.25, 0.3) is 22.5 Å². The Hall–Kier alpha value is -3.36. The van der Waals surface area contributed by atoms with Crippen molar-refractivity contribution >= 4 is 22.8 Å². The summed E-state index contributed by atoms with van der Waals surface area (Å²) in [4.78, 5) is 15.8. The normalized spacial score (nSPS) is 16.5. The number of allylic oxidation sites excluding steroid dienone is 3. The van der Waals surface area contributed by atoms with Gasteiger partial charge in [-0.15, -0.1) is 0 Å². The number of carbonyl (C=O) groups excluding carboxylic acids is 1. The summed E-state index contributed by atoms with van der Waals surface area (Å²) < 4.78 is 13.7. The van der Waals surface area contributed by atoms with Gasteiger partial charge in [-0.05, 0) is 43.9 Å². The molecule has 5 rings (SSSR count). The molecule has 3 aromatic rings. The number of thiophene rings is 1. The number of rotatable bonds is 5. The number of ether oxygens (including phenoxy) is 2. The Morgan fingerprint density at radius 1 is 1.37 bits per heavy atom. The number of benzene rings is 1. The number of hydrogen-bond acceptors (Lipinski definition) is 6. The maximum Gasteiger partial charge on any atom is 0.275 e. The molecule has 0 radical (unpaired) electrons. The third-order valence-corrected chi connectivity index (χ3v) is 7.30. The number of piperazine rings is 1. The number of nitrogens with one attached hydrogen (secondary N) is 1. The molecular formula is C27H30N4O3S. The Morgan fingerprint density at radius 3 is 2.89 bits per heavy atom. The fourth-order valence-electron chi connectivity index (χ4n) is 4.81. The van der Waals surface area contributed by atoms with E-state index < -0.39 is 0 Å². The van der Waals surface area contributed by atoms with Gasteiger partial charge in [0.2, 0.25) is 0 Å². The first-order chi connectivity index (χ1) is 16.9. The molecule has 0 saturated carbocycles. The van der Waals surface area contributed by atoms with E-state index in [1.807, 2.05) is 57.6 Å². The van der Waals surface area contributed by atoms with Crippen molar-refractivity contribution in [1.82, 2.24) is 20.0 Å². The van der Waals surface area contributed by atoms with Crippen molar-refractivity contribution in [1.29, 1.82) is 0 Å². The maximum atomic E-state index is 13.9. The van der Waals surface area contributed by atoms with Gasteiger partial charge in [-0.3, -0.25) is 4.79 Å². The molecule has 1 N–H and O–H groups in total. The highest BCUT2D eigenvalue weighted by Gasteiger charge is 2.38. The summed E-state index contributed by atoms with van der Waals surface area (Å²) in [5, 5.41) is 12.3. The first kappa shape index (κ1) is 23.4. The van der Waals surface area contributed by atoms with Gasteiger partial charge in [-0.2, -0.15) is 16.4 Å². The van der Waals surface area contributed by atoms with Crippen molar-refractivity contribution in [3.63, 3.8) is 0 Å². The van der Waals surface area contributed by atoms with Crippen LogP contribution in [0.15, 0.2) is 47.7 Å². The highest BCUT2D eigenvalue weighted by atomic mass is 32.1. The molecule has 8 heteroatoms. The minimum Gasteiger partial charge on any atom is -0.496 e. The van der Waals surface area contributed by atoms with Crippen molar-refractivity contribution in [2.24, 2.45) is 0 Å². The van der Waals surface area contributed by atoms with Gasteiger partial charge in [0.25, 0.3) is 5.91 Å². The van der Waals surface area contributed by atoms with Crippen molar-refractivity contribution in [3.8, 4) is 28.4 Å². The van der Waals surface area contributed by atoms with Crippen LogP contribution in [0.1, 0.15) is 42.4 Å². The predicted octanol–water partition coefficient (Wildman–Crippen LogP) is 4.92. The van der Waals surface area contributed by atoms with Gasteiger partial charge in [0.15, 0.2) is 5.69 Å². The minimum absolute atomic E-state index is 0.0687. The second-order valence-electron chi connectivity index (χ2n) is 9.38. The zero-order valence-corrected chi connectivity index (χ0v) is 21.4. The smallest absolute Gasteiger partial charge is 0.275 e. The van der Waals surface area contributed by atoms with E-state index in [-0.39, 0.29) is 18.1 Å². The number of fused-ring (bicyclic) bond motifs is 3. The number of hydrogen-bond donors (Lipinski definition) is 1. The standard InChI is InChI=1S/C27H30N4O3S/c1-6-7-17(2)19-12-20-23(13-22(19)33-5)34-14-21-24(26(32)30-10-9-28-16-27(30,3)4)29-31(25(20)21)18-8-11-35-15-18/h6-8,11-13,15,28H,2,9-10,14,16H2,1,3-5H3/b7-6-. The molecule has 1 aromatic carbocycles. The van der Waals surface area contributed by atoms with E-state index in [1.54, 1.807) is 18.4 Å². The summed E-state index contributed by atoms with van der Waals surface area (Å²) in [5.41, 5.74) is 5.29. The zero-order valence-electron chi connectivity index (χ0n) is 20.6. The lowest BCUT2D eigenvalue weighted by molar-refractivity contribution is 0.0468. The predicted molar refractivity (Wildman–Crippen MR) is 140 cm³/mol. The average molecular weight is 491 g/mol. The summed E-state index contributed by atoms with van der Waals surface area (Å²) in [6, 6.07) is 5.94. The van der Waals surface area contributed by atoms with Crippen molar-refractivity contribution in [3.05, 3.63) is 64.5 Å². The second-order valence-corrected chi connectivity index (χ2v) is 10.2. The number of aromatic nitrogens is 2. The summed E-state index contributed by atoms with van der Waals surface area (Å²) in [5.74, 6) is 1.32. The number of nitrogens with zero attached hydrogens (tertiary/aromatic N) is 3. The summed E-state index contributed by atoms with van der Waals surface area (Å²) in [6.07, 6.45) is 3.90. The van der Waals surface area contributed by atoms with Crippen LogP contribution in [-0.4, -0.2) is 52.9 Å². The molecule has 0 aliphatic carbocycles. The quantitative estimate of drug-likeness (QED) is 0.515. The van der Waals surface area contributed by atoms with E-state index >= 15 is 0 Å². The van der Waals surface area contributed by atoms with E-state index in [0.29, 0.717) is 23.7 Å². The fraction of sp³-hybridized carbons (Fsp3) is 0.333. The fourth-order valence-corrected chi connectivity index (χ4v) is 5.43. The van der Waals surface area contributed by atoms with E-state index in [9.17, 15) is 4.79 Å². The van der Waals surface area contributed by atoms with Gasteiger partial charge in [-0.25, -0.2) is 4.68 Å². The highest BCUT2D eigenvalue weighted by molar-refractivity contribution is 7.08. The zero-order chi connectivity index (χ0) is 24.7. The molecule has 4 heterocycles. The molecule has 2 aromatic heterocycles. The van der Waals surface area contributed by atoms with Gasteiger partial charge in [0.05, 0.1) is 24.0 Å². The van der Waals surface area contributed by atoms with E-state index in [0.717, 1.165) is 46.7 Å². The molecule has 35 heavy (non-hydrogen) atoms. The molecule has 0 unspecified atom stereocenters. The maximum absolute atomic E-state index is 13.9. The number of carbonyl (C=O) groups is 1. The topological polar surface area (TPSA) is 68.6 Å². The molecule has 1 amide bonds. The summed E-state index contributed by atoms with van der Waals surface area (Å²) in [6.45, 7) is 12.7. The third-order valence-electron chi connectivity index (χ3n) is 6.63. The second kappa shape index (κ2) is 9.02. The molecule has 7 nitrogen and oxygen atoms in total. The van der Waals surface area contributed by atoms with Gasteiger partial charge in [-0.1, -0.05) is 18.7 Å². The van der Waals surface area contributed by atoms with E-state index in [1.165, 1.54) is 0 Å². The third kappa shape index (κ3) is 3.96. The SMILES string of the molecule is C=C(/C=C\C)c1cc2c(cc1OC)OCc1c(C(=O)N3CCNCC3(C)C)nn(-c3ccsc3)c1-2. The van der Waals surface area contributed by atoms with Crippen LogP contribution in [0.3, 0.4) is 0 Å². The minimum atomic E-state index is -0.313. The largest absolute Gasteiger partial charge is 0.496 e. The van der Waals surface area contributed by atoms with Crippen LogP contribution in [-0.2, 0) is 6.61 Å². The highest BCUT2D eigenvalue weighted by Crippen LogP contribution is 2.45. The molecule has 182 valence electrons. The van der Waals surface area contributed by atoms with E-state index in [2.05, 4.69) is 25.7 Å². The lowest BCUT2D eigenvalue weighted by Gasteiger charge is -2.42. The van der Waals surface area contributed by atoms with Crippen LogP contribution in [0.4, 0.5) is 0 Å². The molecule has 1 saturated heterocycles. The first-order valence-corrected chi connectivity index (χ1v) is 12.6. The Labute approximate surface area is 209 Å². The van der Waals surface area contributed by atoms with Crippen LogP contribution in [0, 0.1) is 0 Å². The lowest BCUT2D eigenvalue weighted by Crippen LogP contribution is -2.60. The van der Waals surface area contributed by atoms with Crippen molar-refractivity contribution in [2.75, 3.05) is 26.7 Å². The monoisotopic (exact) mass is 490 g/mol. The van der Waals surface area contributed by atoms with Gasteiger partial charge < -0.3 is 19.7 Å². The molecular weight excluding hydrogens is 460 g/mol. The number of methoxy groups -OCH3 is 1. The molecule has 1 fully saturated rings. The average Bonchev–Trinajstić information content (AvgIpc) is 3.50. The first-order valence-electron chi connectivity index (χ1n) is 11.7. The Morgan fingerprint density at radius 2 is 2.20 bits per heavy atom. The van der Waals surface area contributed by atoms with Crippen LogP contribution in [0.5, 0.6) is 11.5 Å². The van der Waals surface area contributed by atoms with E-state index in [4.69, 9.17) is 14.6 Å². The molecule has 2 aliphatic heterocycles. The van der Waals surface area contributed by atoms with Gasteiger partial charge in [0.1, 0.15) is 18.1 Å². The molecule has 0 atom stereocenters. The Kier molecular flexibility index (Phi) is 6.02. The molecule has 0 spiro atoms. The van der Waals surface area contributed by atoms with Crippen LogP contribution in [0.2, 0.25) is 0 Å². The van der Waals surface area contributed by atoms with Crippen molar-refractivity contribution < 1.29 is 14.3 Å². The van der Waals surface area contributed by atoms with Gasteiger partial charge >= 0.3 is 0 Å². The summed E-state index contributed by atoms with van der Waals surface area (Å²) >= 11 is 1.59. The van der Waals surface area contributed by atoms with Crippen molar-refractivity contribution in [2.45, 2.75) is 32.9 Å². The number of amides is 1. The Balaban J connectivity index is 1.71. The molecule has 2 aliphatic rings. The van der Waals surface area contributed by atoms with Crippen LogP contribution >= 0.6 is 11.3 Å².